The zero-order valence-electron chi connectivity index (χ0n) is 7.84. The first-order chi connectivity index (χ1) is 6.88. The lowest BCUT2D eigenvalue weighted by Gasteiger charge is -1.94. The zero-order chi connectivity index (χ0) is 9.80. The summed E-state index contributed by atoms with van der Waals surface area (Å²) in [5.74, 6) is 0. The van der Waals surface area contributed by atoms with E-state index in [-0.39, 0.29) is 0 Å². The van der Waals surface area contributed by atoms with E-state index >= 15 is 0 Å². The molecule has 0 saturated carbocycles. The van der Waals surface area contributed by atoms with E-state index in [0.717, 1.165) is 16.7 Å². The number of hydrogen-bond donors (Lipinski definition) is 1. The lowest BCUT2D eigenvalue weighted by molar-refractivity contribution is 0.677. The summed E-state index contributed by atoms with van der Waals surface area (Å²) in [5.41, 5.74) is 0. The first-order valence-corrected chi connectivity index (χ1v) is 5.24. The Balaban J connectivity index is 2.03. The number of aromatic nitrogens is 4. The maximum atomic E-state index is 4.10. The fraction of sp³-hybridized carbons (Fsp3) is 0.375. The zero-order valence-corrected chi connectivity index (χ0v) is 8.66. The maximum absolute atomic E-state index is 4.10. The second kappa shape index (κ2) is 4.19. The molecule has 2 aromatic heterocycles. The minimum absolute atomic E-state index is 0.691. The van der Waals surface area contributed by atoms with Crippen molar-refractivity contribution in [2.75, 3.05) is 11.9 Å². The van der Waals surface area contributed by atoms with Gasteiger partial charge >= 0.3 is 0 Å². The lowest BCUT2D eigenvalue weighted by Crippen LogP contribution is -1.98. The fourth-order valence-corrected chi connectivity index (χ4v) is 1.87. The molecule has 0 aliphatic heterocycles. The SMILES string of the molecule is CCNc1nnc(Cn2cccn2)s1. The molecule has 0 fully saturated rings. The van der Waals surface area contributed by atoms with Crippen LogP contribution in [0.3, 0.4) is 0 Å². The summed E-state index contributed by atoms with van der Waals surface area (Å²) in [5, 5.41) is 17.1. The van der Waals surface area contributed by atoms with Crippen molar-refractivity contribution >= 4 is 16.5 Å². The van der Waals surface area contributed by atoms with E-state index in [4.69, 9.17) is 0 Å². The molecule has 5 nitrogen and oxygen atoms in total. The number of rotatable bonds is 4. The van der Waals surface area contributed by atoms with Crippen LogP contribution in [0.1, 0.15) is 11.9 Å². The predicted octanol–water partition coefficient (Wildman–Crippen LogP) is 1.21. The van der Waals surface area contributed by atoms with E-state index in [9.17, 15) is 0 Å². The summed E-state index contributed by atoms with van der Waals surface area (Å²) >= 11 is 1.56. The first-order valence-electron chi connectivity index (χ1n) is 4.42. The smallest absolute Gasteiger partial charge is 0.205 e. The van der Waals surface area contributed by atoms with Crippen LogP contribution in [0, 0.1) is 0 Å². The molecule has 0 bridgehead atoms. The molecule has 74 valence electrons. The number of anilines is 1. The molecular formula is C8H11N5S. The summed E-state index contributed by atoms with van der Waals surface area (Å²) in [6.45, 7) is 3.60. The second-order valence-electron chi connectivity index (χ2n) is 2.73. The normalized spacial score (nSPS) is 10.4. The van der Waals surface area contributed by atoms with Gasteiger partial charge in [-0.3, -0.25) is 4.68 Å². The summed E-state index contributed by atoms with van der Waals surface area (Å²) in [7, 11) is 0. The van der Waals surface area contributed by atoms with Gasteiger partial charge in [-0.15, -0.1) is 10.2 Å². The Labute approximate surface area is 85.8 Å². The van der Waals surface area contributed by atoms with Crippen molar-refractivity contribution in [3.05, 3.63) is 23.5 Å². The maximum Gasteiger partial charge on any atom is 0.205 e. The molecule has 0 aliphatic rings. The Morgan fingerprint density at radius 2 is 2.43 bits per heavy atom. The number of nitrogens with one attached hydrogen (secondary N) is 1. The molecule has 0 spiro atoms. The van der Waals surface area contributed by atoms with E-state index in [2.05, 4.69) is 20.6 Å². The third kappa shape index (κ3) is 2.08. The fourth-order valence-electron chi connectivity index (χ4n) is 1.07. The molecule has 2 rings (SSSR count). The Hall–Kier alpha value is -1.43. The molecule has 2 heterocycles. The molecular weight excluding hydrogens is 198 g/mol. The highest BCUT2D eigenvalue weighted by molar-refractivity contribution is 7.15. The van der Waals surface area contributed by atoms with Crippen LogP contribution < -0.4 is 5.32 Å². The van der Waals surface area contributed by atoms with Gasteiger partial charge in [0.25, 0.3) is 0 Å². The van der Waals surface area contributed by atoms with Crippen molar-refractivity contribution in [3.63, 3.8) is 0 Å². The van der Waals surface area contributed by atoms with Crippen molar-refractivity contribution in [1.29, 1.82) is 0 Å². The van der Waals surface area contributed by atoms with E-state index in [0.29, 0.717) is 6.54 Å². The molecule has 0 aromatic carbocycles. The molecule has 0 saturated heterocycles. The lowest BCUT2D eigenvalue weighted by atomic mass is 10.7. The minimum atomic E-state index is 0.691. The second-order valence-corrected chi connectivity index (χ2v) is 3.80. The molecule has 6 heteroatoms. The van der Waals surface area contributed by atoms with E-state index in [1.165, 1.54) is 0 Å². The highest BCUT2D eigenvalue weighted by atomic mass is 32.1. The highest BCUT2D eigenvalue weighted by Crippen LogP contribution is 2.15. The largest absolute Gasteiger partial charge is 0.360 e. The molecule has 0 unspecified atom stereocenters. The van der Waals surface area contributed by atoms with Gasteiger partial charge in [0.2, 0.25) is 5.13 Å². The average molecular weight is 209 g/mol. The van der Waals surface area contributed by atoms with Crippen LogP contribution in [-0.2, 0) is 6.54 Å². The standard InChI is InChI=1S/C8H11N5S/c1-2-9-8-12-11-7(14-8)6-13-5-3-4-10-13/h3-5H,2,6H2,1H3,(H,9,12). The van der Waals surface area contributed by atoms with Gasteiger partial charge in [-0.1, -0.05) is 11.3 Å². The molecule has 0 atom stereocenters. The Morgan fingerprint density at radius 1 is 1.50 bits per heavy atom. The Kier molecular flexibility index (Phi) is 2.73. The highest BCUT2D eigenvalue weighted by Gasteiger charge is 2.03. The Morgan fingerprint density at radius 3 is 3.14 bits per heavy atom. The third-order valence-electron chi connectivity index (χ3n) is 1.65. The van der Waals surface area contributed by atoms with Gasteiger partial charge in [0.05, 0.1) is 6.54 Å². The molecule has 0 amide bonds. The molecule has 1 N–H and O–H groups in total. The monoisotopic (exact) mass is 209 g/mol. The third-order valence-corrected chi connectivity index (χ3v) is 2.52. The summed E-state index contributed by atoms with van der Waals surface area (Å²) in [6.07, 6.45) is 3.67. The topological polar surface area (TPSA) is 55.6 Å². The van der Waals surface area contributed by atoms with Gasteiger partial charge in [-0.2, -0.15) is 5.10 Å². The Bertz CT molecular complexity index is 380. The van der Waals surface area contributed by atoms with Crippen LogP contribution in [0.25, 0.3) is 0 Å². The van der Waals surface area contributed by atoms with Crippen LogP contribution >= 0.6 is 11.3 Å². The van der Waals surface area contributed by atoms with Gasteiger partial charge in [0.15, 0.2) is 0 Å². The molecule has 2 aromatic rings. The van der Waals surface area contributed by atoms with Crippen molar-refractivity contribution < 1.29 is 0 Å². The average Bonchev–Trinajstić information content (AvgIpc) is 2.79. The van der Waals surface area contributed by atoms with Crippen molar-refractivity contribution in [2.45, 2.75) is 13.5 Å². The van der Waals surface area contributed by atoms with Crippen molar-refractivity contribution in [2.24, 2.45) is 0 Å². The molecule has 0 radical (unpaired) electrons. The van der Waals surface area contributed by atoms with E-state index in [1.807, 2.05) is 23.9 Å². The van der Waals surface area contributed by atoms with Gasteiger partial charge in [-0.25, -0.2) is 0 Å². The summed E-state index contributed by atoms with van der Waals surface area (Å²) < 4.78 is 1.83. The molecule has 0 aliphatic carbocycles. The van der Waals surface area contributed by atoms with Gasteiger partial charge in [0, 0.05) is 18.9 Å². The van der Waals surface area contributed by atoms with E-state index < -0.39 is 0 Å². The van der Waals surface area contributed by atoms with Gasteiger partial charge in [-0.05, 0) is 13.0 Å². The van der Waals surface area contributed by atoms with Crippen LogP contribution in [0.2, 0.25) is 0 Å². The number of hydrogen-bond acceptors (Lipinski definition) is 5. The minimum Gasteiger partial charge on any atom is -0.360 e. The first kappa shape index (κ1) is 9.14. The van der Waals surface area contributed by atoms with Crippen molar-refractivity contribution in [1.82, 2.24) is 20.0 Å². The van der Waals surface area contributed by atoms with Crippen LogP contribution in [0.15, 0.2) is 18.5 Å². The van der Waals surface area contributed by atoms with E-state index in [1.54, 1.807) is 17.5 Å². The van der Waals surface area contributed by atoms with Crippen LogP contribution in [0.5, 0.6) is 0 Å². The summed E-state index contributed by atoms with van der Waals surface area (Å²) in [4.78, 5) is 0. The van der Waals surface area contributed by atoms with Crippen LogP contribution in [0.4, 0.5) is 5.13 Å². The van der Waals surface area contributed by atoms with Gasteiger partial charge < -0.3 is 5.32 Å². The van der Waals surface area contributed by atoms with Gasteiger partial charge in [0.1, 0.15) is 5.01 Å². The van der Waals surface area contributed by atoms with Crippen molar-refractivity contribution in [3.8, 4) is 0 Å². The number of nitrogens with zero attached hydrogens (tertiary/aromatic N) is 4. The molecule has 14 heavy (non-hydrogen) atoms. The summed E-state index contributed by atoms with van der Waals surface area (Å²) in [6, 6.07) is 1.90. The quantitative estimate of drug-likeness (QED) is 0.822. The van der Waals surface area contributed by atoms with Crippen LogP contribution in [-0.4, -0.2) is 26.5 Å². The predicted molar refractivity (Wildman–Crippen MR) is 55.4 cm³/mol.